The Morgan fingerprint density at radius 2 is 2.11 bits per heavy atom. The Morgan fingerprint density at radius 1 is 1.39 bits per heavy atom. The summed E-state index contributed by atoms with van der Waals surface area (Å²) in [5.74, 6) is 1.15. The van der Waals surface area contributed by atoms with Crippen LogP contribution in [0.1, 0.15) is 24.2 Å². The molecular formula is C14H20N2OS. The highest BCUT2D eigenvalue weighted by Gasteiger charge is 2.30. The Bertz CT molecular complexity index is 445. The highest BCUT2D eigenvalue weighted by Crippen LogP contribution is 2.30. The minimum absolute atomic E-state index is 0.133. The number of para-hydroxylation sites is 1. The van der Waals surface area contributed by atoms with Crippen molar-refractivity contribution < 1.29 is 4.79 Å². The summed E-state index contributed by atoms with van der Waals surface area (Å²) in [6.07, 6.45) is 0. The first kappa shape index (κ1) is 13.3. The third-order valence-electron chi connectivity index (χ3n) is 3.14. The molecule has 98 valence electrons. The number of rotatable bonds is 2. The highest BCUT2D eigenvalue weighted by molar-refractivity contribution is 8.00. The third kappa shape index (κ3) is 2.80. The van der Waals surface area contributed by atoms with Crippen LogP contribution in [0, 0.1) is 0 Å². The highest BCUT2D eigenvalue weighted by atomic mass is 32.2. The van der Waals surface area contributed by atoms with Gasteiger partial charge in [-0.3, -0.25) is 4.79 Å². The average molecular weight is 264 g/mol. The monoisotopic (exact) mass is 264 g/mol. The van der Waals surface area contributed by atoms with E-state index in [-0.39, 0.29) is 10.7 Å². The number of hydrogen-bond donors (Lipinski definition) is 1. The molecule has 0 aromatic heterocycles. The van der Waals surface area contributed by atoms with E-state index in [0.717, 1.165) is 30.1 Å². The van der Waals surface area contributed by atoms with E-state index < -0.39 is 0 Å². The molecule has 1 amide bonds. The van der Waals surface area contributed by atoms with Crippen LogP contribution >= 0.6 is 11.8 Å². The van der Waals surface area contributed by atoms with E-state index in [1.807, 2.05) is 48.0 Å². The molecule has 18 heavy (non-hydrogen) atoms. The van der Waals surface area contributed by atoms with Gasteiger partial charge >= 0.3 is 0 Å². The van der Waals surface area contributed by atoms with E-state index in [1.54, 1.807) is 0 Å². The molecule has 1 aromatic rings. The number of anilines is 1. The molecule has 0 unspecified atom stereocenters. The number of hydrogen-bond acceptors (Lipinski definition) is 3. The third-order valence-corrected chi connectivity index (χ3v) is 4.44. The smallest absolute Gasteiger partial charge is 0.256 e. The second kappa shape index (κ2) is 5.22. The molecule has 1 saturated heterocycles. The molecule has 0 saturated carbocycles. The molecule has 1 fully saturated rings. The fourth-order valence-electron chi connectivity index (χ4n) is 2.25. The van der Waals surface area contributed by atoms with Crippen LogP contribution in [0.4, 0.5) is 5.69 Å². The summed E-state index contributed by atoms with van der Waals surface area (Å²) in [5, 5.41) is 3.08. The SMILES string of the molecule is CNc1ccccc1C(=O)N1CCSC(C)(C)C1. The van der Waals surface area contributed by atoms with Crippen LogP contribution in [-0.2, 0) is 0 Å². The lowest BCUT2D eigenvalue weighted by Crippen LogP contribution is -2.46. The molecule has 3 nitrogen and oxygen atoms in total. The van der Waals surface area contributed by atoms with Gasteiger partial charge in [-0.15, -0.1) is 0 Å². The van der Waals surface area contributed by atoms with Crippen LogP contribution in [0.25, 0.3) is 0 Å². The zero-order valence-electron chi connectivity index (χ0n) is 11.2. The molecule has 2 rings (SSSR count). The summed E-state index contributed by atoms with van der Waals surface area (Å²) in [5.41, 5.74) is 1.67. The molecule has 1 heterocycles. The lowest BCUT2D eigenvalue weighted by atomic mass is 10.1. The van der Waals surface area contributed by atoms with Crippen molar-refractivity contribution in [3.8, 4) is 0 Å². The topological polar surface area (TPSA) is 32.3 Å². The second-order valence-corrected chi connectivity index (χ2v) is 6.93. The van der Waals surface area contributed by atoms with Crippen molar-refractivity contribution in [1.29, 1.82) is 0 Å². The van der Waals surface area contributed by atoms with Crippen molar-refractivity contribution in [2.45, 2.75) is 18.6 Å². The van der Waals surface area contributed by atoms with E-state index in [1.165, 1.54) is 0 Å². The van der Waals surface area contributed by atoms with Crippen LogP contribution in [0.5, 0.6) is 0 Å². The summed E-state index contributed by atoms with van der Waals surface area (Å²) in [6, 6.07) is 7.69. The molecule has 1 aliphatic rings. The maximum atomic E-state index is 12.5. The van der Waals surface area contributed by atoms with Gasteiger partial charge in [-0.25, -0.2) is 0 Å². The van der Waals surface area contributed by atoms with Crippen molar-refractivity contribution in [1.82, 2.24) is 4.90 Å². The average Bonchev–Trinajstić information content (AvgIpc) is 2.36. The summed E-state index contributed by atoms with van der Waals surface area (Å²) >= 11 is 1.94. The van der Waals surface area contributed by atoms with Crippen LogP contribution in [0.2, 0.25) is 0 Å². The lowest BCUT2D eigenvalue weighted by Gasteiger charge is -2.37. The molecule has 4 heteroatoms. The van der Waals surface area contributed by atoms with Gasteiger partial charge in [-0.05, 0) is 26.0 Å². The van der Waals surface area contributed by atoms with Crippen molar-refractivity contribution in [2.75, 3.05) is 31.2 Å². The molecule has 0 spiro atoms. The molecular weight excluding hydrogens is 244 g/mol. The van der Waals surface area contributed by atoms with Gasteiger partial charge in [0, 0.05) is 36.3 Å². The van der Waals surface area contributed by atoms with Crippen molar-refractivity contribution in [2.24, 2.45) is 0 Å². The first-order valence-corrected chi connectivity index (χ1v) is 7.22. The van der Waals surface area contributed by atoms with Gasteiger partial charge in [0.2, 0.25) is 0 Å². The van der Waals surface area contributed by atoms with E-state index in [0.29, 0.717) is 0 Å². The van der Waals surface area contributed by atoms with Crippen molar-refractivity contribution in [3.05, 3.63) is 29.8 Å². The van der Waals surface area contributed by atoms with E-state index >= 15 is 0 Å². The van der Waals surface area contributed by atoms with Crippen LogP contribution < -0.4 is 5.32 Å². The maximum absolute atomic E-state index is 12.5. The summed E-state index contributed by atoms with van der Waals surface area (Å²) in [7, 11) is 1.85. The minimum Gasteiger partial charge on any atom is -0.387 e. The summed E-state index contributed by atoms with van der Waals surface area (Å²) in [4.78, 5) is 14.5. The molecule has 0 bridgehead atoms. The number of carbonyl (C=O) groups is 1. The minimum atomic E-state index is 0.133. The molecule has 0 atom stereocenters. The Hall–Kier alpha value is -1.16. The maximum Gasteiger partial charge on any atom is 0.256 e. The fraction of sp³-hybridized carbons (Fsp3) is 0.500. The van der Waals surface area contributed by atoms with Crippen molar-refractivity contribution in [3.63, 3.8) is 0 Å². The van der Waals surface area contributed by atoms with Crippen LogP contribution in [0.3, 0.4) is 0 Å². The Kier molecular flexibility index (Phi) is 3.85. The molecule has 0 aliphatic carbocycles. The normalized spacial score (nSPS) is 18.5. The fourth-order valence-corrected chi connectivity index (χ4v) is 3.36. The van der Waals surface area contributed by atoms with Gasteiger partial charge in [0.05, 0.1) is 5.56 Å². The lowest BCUT2D eigenvalue weighted by molar-refractivity contribution is 0.0749. The Balaban J connectivity index is 2.20. The van der Waals surface area contributed by atoms with Crippen molar-refractivity contribution >= 4 is 23.4 Å². The quantitative estimate of drug-likeness (QED) is 0.891. The van der Waals surface area contributed by atoms with E-state index in [2.05, 4.69) is 19.2 Å². The zero-order chi connectivity index (χ0) is 13.2. The van der Waals surface area contributed by atoms with E-state index in [9.17, 15) is 4.79 Å². The standard InChI is InChI=1S/C14H20N2OS/c1-14(2)10-16(8-9-18-14)13(17)11-6-4-5-7-12(11)15-3/h4-7,15H,8-10H2,1-3H3. The van der Waals surface area contributed by atoms with Gasteiger partial charge in [0.1, 0.15) is 0 Å². The van der Waals surface area contributed by atoms with Gasteiger partial charge in [-0.1, -0.05) is 12.1 Å². The van der Waals surface area contributed by atoms with Gasteiger partial charge < -0.3 is 10.2 Å². The molecule has 1 aliphatic heterocycles. The summed E-state index contributed by atoms with van der Waals surface area (Å²) < 4.78 is 0.155. The first-order chi connectivity index (χ1) is 8.53. The predicted molar refractivity (Wildman–Crippen MR) is 78.4 cm³/mol. The number of carbonyl (C=O) groups excluding carboxylic acids is 1. The Labute approximate surface area is 113 Å². The van der Waals surface area contributed by atoms with Gasteiger partial charge in [0.25, 0.3) is 5.91 Å². The Morgan fingerprint density at radius 3 is 2.78 bits per heavy atom. The summed E-state index contributed by atoms with van der Waals surface area (Å²) in [6.45, 7) is 6.04. The molecule has 0 radical (unpaired) electrons. The zero-order valence-corrected chi connectivity index (χ0v) is 12.0. The number of nitrogens with zero attached hydrogens (tertiary/aromatic N) is 1. The number of amides is 1. The van der Waals surface area contributed by atoms with E-state index in [4.69, 9.17) is 0 Å². The number of thioether (sulfide) groups is 1. The number of benzene rings is 1. The largest absolute Gasteiger partial charge is 0.387 e. The first-order valence-electron chi connectivity index (χ1n) is 6.23. The van der Waals surface area contributed by atoms with Crippen LogP contribution in [-0.4, -0.2) is 41.4 Å². The number of nitrogens with one attached hydrogen (secondary N) is 1. The van der Waals surface area contributed by atoms with Gasteiger partial charge in [-0.2, -0.15) is 11.8 Å². The molecule has 1 aromatic carbocycles. The van der Waals surface area contributed by atoms with Gasteiger partial charge in [0.15, 0.2) is 0 Å². The second-order valence-electron chi connectivity index (χ2n) is 5.13. The molecule has 1 N–H and O–H groups in total. The predicted octanol–water partition coefficient (Wildman–Crippen LogP) is 2.70. The van der Waals surface area contributed by atoms with Crippen LogP contribution in [0.15, 0.2) is 24.3 Å².